The molecule has 18 heavy (non-hydrogen) atoms. The zero-order valence-corrected chi connectivity index (χ0v) is 10.8. The van der Waals surface area contributed by atoms with Crippen molar-refractivity contribution in [3.05, 3.63) is 17.7 Å². The molecule has 0 aromatic carbocycles. The van der Waals surface area contributed by atoms with Crippen LogP contribution in [-0.4, -0.2) is 17.6 Å². The molecule has 2 unspecified atom stereocenters. The minimum Gasteiger partial charge on any atom is -0.368 e. The highest BCUT2D eigenvalue weighted by Crippen LogP contribution is 2.29. The SMILES string of the molecule is CCNc1nc(NC2CCCC2C)c(F)cc1F. The van der Waals surface area contributed by atoms with Crippen LogP contribution in [0, 0.1) is 17.6 Å². The quantitative estimate of drug-likeness (QED) is 0.866. The minimum atomic E-state index is -0.653. The van der Waals surface area contributed by atoms with Gasteiger partial charge >= 0.3 is 0 Å². The maximum Gasteiger partial charge on any atom is 0.168 e. The maximum atomic E-state index is 13.7. The summed E-state index contributed by atoms with van der Waals surface area (Å²) in [6.07, 6.45) is 3.29. The van der Waals surface area contributed by atoms with Gasteiger partial charge < -0.3 is 10.6 Å². The van der Waals surface area contributed by atoms with E-state index in [0.29, 0.717) is 12.5 Å². The fourth-order valence-electron chi connectivity index (χ4n) is 2.39. The average Bonchev–Trinajstić information content (AvgIpc) is 2.71. The molecule has 1 aromatic heterocycles. The third kappa shape index (κ3) is 2.71. The molecule has 1 fully saturated rings. The molecule has 3 nitrogen and oxygen atoms in total. The van der Waals surface area contributed by atoms with Crippen molar-refractivity contribution in [2.45, 2.75) is 39.2 Å². The molecule has 0 spiro atoms. The van der Waals surface area contributed by atoms with Crippen LogP contribution in [0.3, 0.4) is 0 Å². The van der Waals surface area contributed by atoms with Gasteiger partial charge in [-0.3, -0.25) is 0 Å². The Morgan fingerprint density at radius 2 is 2.00 bits per heavy atom. The van der Waals surface area contributed by atoms with Gasteiger partial charge in [0.1, 0.15) is 0 Å². The van der Waals surface area contributed by atoms with Crippen molar-refractivity contribution in [2.24, 2.45) is 5.92 Å². The number of anilines is 2. The lowest BCUT2D eigenvalue weighted by Gasteiger charge is -2.19. The number of rotatable bonds is 4. The largest absolute Gasteiger partial charge is 0.368 e. The number of nitrogens with zero attached hydrogens (tertiary/aromatic N) is 1. The summed E-state index contributed by atoms with van der Waals surface area (Å²) in [6, 6.07) is 1.11. The van der Waals surface area contributed by atoms with E-state index >= 15 is 0 Å². The molecule has 0 amide bonds. The predicted molar refractivity (Wildman–Crippen MR) is 68.7 cm³/mol. The van der Waals surface area contributed by atoms with Crippen molar-refractivity contribution in [1.82, 2.24) is 4.98 Å². The van der Waals surface area contributed by atoms with Gasteiger partial charge in [0.2, 0.25) is 0 Å². The molecule has 1 aliphatic rings. The zero-order chi connectivity index (χ0) is 13.1. The number of pyridine rings is 1. The molecule has 2 rings (SSSR count). The first-order valence-electron chi connectivity index (χ1n) is 6.48. The molecular formula is C13H19F2N3. The van der Waals surface area contributed by atoms with Crippen LogP contribution in [-0.2, 0) is 0 Å². The molecule has 1 aliphatic carbocycles. The Balaban J connectivity index is 2.18. The molecule has 100 valence electrons. The zero-order valence-electron chi connectivity index (χ0n) is 10.8. The van der Waals surface area contributed by atoms with Crippen molar-refractivity contribution < 1.29 is 8.78 Å². The highest BCUT2D eigenvalue weighted by atomic mass is 19.1. The highest BCUT2D eigenvalue weighted by molar-refractivity contribution is 5.48. The molecular weight excluding hydrogens is 236 g/mol. The lowest BCUT2D eigenvalue weighted by molar-refractivity contribution is 0.541. The van der Waals surface area contributed by atoms with Crippen LogP contribution in [0.2, 0.25) is 0 Å². The van der Waals surface area contributed by atoms with E-state index in [2.05, 4.69) is 22.5 Å². The Morgan fingerprint density at radius 1 is 1.28 bits per heavy atom. The Bertz CT molecular complexity index is 423. The van der Waals surface area contributed by atoms with E-state index in [1.165, 1.54) is 0 Å². The van der Waals surface area contributed by atoms with Crippen LogP contribution < -0.4 is 10.6 Å². The number of halogens is 2. The smallest absolute Gasteiger partial charge is 0.168 e. The van der Waals surface area contributed by atoms with Gasteiger partial charge in [-0.25, -0.2) is 13.8 Å². The minimum absolute atomic E-state index is 0.104. The molecule has 2 N–H and O–H groups in total. The number of aromatic nitrogens is 1. The molecule has 1 aromatic rings. The predicted octanol–water partition coefficient (Wildman–Crippen LogP) is 3.39. The summed E-state index contributed by atoms with van der Waals surface area (Å²) in [5.74, 6) is -0.537. The van der Waals surface area contributed by atoms with Crippen molar-refractivity contribution in [3.63, 3.8) is 0 Å². The Kier molecular flexibility index (Phi) is 3.99. The number of hydrogen-bond donors (Lipinski definition) is 2. The lowest BCUT2D eigenvalue weighted by atomic mass is 10.1. The van der Waals surface area contributed by atoms with Crippen molar-refractivity contribution in [3.8, 4) is 0 Å². The first-order valence-corrected chi connectivity index (χ1v) is 6.48. The van der Waals surface area contributed by atoms with Crippen LogP contribution in [0.5, 0.6) is 0 Å². The molecule has 1 heterocycles. The Morgan fingerprint density at radius 3 is 2.61 bits per heavy atom. The van der Waals surface area contributed by atoms with E-state index in [1.54, 1.807) is 0 Å². The topological polar surface area (TPSA) is 37.0 Å². The molecule has 2 atom stereocenters. The van der Waals surface area contributed by atoms with E-state index < -0.39 is 11.6 Å². The normalized spacial score (nSPS) is 23.1. The summed E-state index contributed by atoms with van der Waals surface area (Å²) >= 11 is 0. The fourth-order valence-corrected chi connectivity index (χ4v) is 2.39. The summed E-state index contributed by atoms with van der Waals surface area (Å²) in [5, 5.41) is 5.88. The van der Waals surface area contributed by atoms with Crippen LogP contribution in [0.1, 0.15) is 33.1 Å². The molecule has 1 saturated carbocycles. The second kappa shape index (κ2) is 5.50. The van der Waals surface area contributed by atoms with Crippen molar-refractivity contribution in [2.75, 3.05) is 17.2 Å². The Labute approximate surface area is 106 Å². The van der Waals surface area contributed by atoms with E-state index in [4.69, 9.17) is 0 Å². The standard InChI is InChI=1S/C13H19F2N3/c1-3-16-12-9(14)7-10(15)13(18-12)17-11-6-4-5-8(11)2/h7-8,11H,3-6H2,1-2H3,(H2,16,17,18). The second-order valence-electron chi connectivity index (χ2n) is 4.84. The van der Waals surface area contributed by atoms with Gasteiger partial charge in [0.05, 0.1) is 0 Å². The third-order valence-electron chi connectivity index (χ3n) is 3.46. The van der Waals surface area contributed by atoms with Crippen LogP contribution in [0.25, 0.3) is 0 Å². The van der Waals surface area contributed by atoms with Crippen LogP contribution in [0.4, 0.5) is 20.4 Å². The van der Waals surface area contributed by atoms with E-state index in [-0.39, 0.29) is 17.7 Å². The lowest BCUT2D eigenvalue weighted by Crippen LogP contribution is -2.23. The average molecular weight is 255 g/mol. The highest BCUT2D eigenvalue weighted by Gasteiger charge is 2.24. The second-order valence-corrected chi connectivity index (χ2v) is 4.84. The first-order chi connectivity index (χ1) is 8.61. The summed E-state index contributed by atoms with van der Waals surface area (Å²) in [7, 11) is 0. The number of nitrogens with one attached hydrogen (secondary N) is 2. The van der Waals surface area contributed by atoms with Gasteiger partial charge in [-0.2, -0.15) is 0 Å². The first kappa shape index (κ1) is 13.1. The van der Waals surface area contributed by atoms with E-state index in [9.17, 15) is 8.78 Å². The van der Waals surface area contributed by atoms with Gasteiger partial charge in [-0.15, -0.1) is 0 Å². The summed E-state index contributed by atoms with van der Waals surface area (Å²) < 4.78 is 27.1. The summed E-state index contributed by atoms with van der Waals surface area (Å²) in [5.41, 5.74) is 0. The molecule has 0 aliphatic heterocycles. The van der Waals surface area contributed by atoms with E-state index in [1.807, 2.05) is 6.92 Å². The fraction of sp³-hybridized carbons (Fsp3) is 0.615. The maximum absolute atomic E-state index is 13.7. The van der Waals surface area contributed by atoms with Crippen LogP contribution in [0.15, 0.2) is 6.07 Å². The van der Waals surface area contributed by atoms with Gasteiger partial charge in [0, 0.05) is 18.7 Å². The molecule has 0 saturated heterocycles. The van der Waals surface area contributed by atoms with Gasteiger partial charge in [-0.1, -0.05) is 13.3 Å². The van der Waals surface area contributed by atoms with Gasteiger partial charge in [0.25, 0.3) is 0 Å². The van der Waals surface area contributed by atoms with Gasteiger partial charge in [0.15, 0.2) is 23.3 Å². The third-order valence-corrected chi connectivity index (χ3v) is 3.46. The molecule has 5 heteroatoms. The molecule has 0 bridgehead atoms. The monoisotopic (exact) mass is 255 g/mol. The molecule has 0 radical (unpaired) electrons. The van der Waals surface area contributed by atoms with Crippen molar-refractivity contribution >= 4 is 11.6 Å². The number of hydrogen-bond acceptors (Lipinski definition) is 3. The summed E-state index contributed by atoms with van der Waals surface area (Å²) in [4.78, 5) is 3.99. The van der Waals surface area contributed by atoms with Gasteiger partial charge in [-0.05, 0) is 25.7 Å². The van der Waals surface area contributed by atoms with E-state index in [0.717, 1.165) is 25.3 Å². The van der Waals surface area contributed by atoms with Crippen molar-refractivity contribution in [1.29, 1.82) is 0 Å². The van der Waals surface area contributed by atoms with Crippen LogP contribution >= 0.6 is 0 Å². The Hall–Kier alpha value is -1.39. The summed E-state index contributed by atoms with van der Waals surface area (Å²) in [6.45, 7) is 4.53.